The Balaban J connectivity index is 0.000000847. The fourth-order valence-corrected chi connectivity index (χ4v) is 3.02. The van der Waals surface area contributed by atoms with Crippen LogP contribution in [0.4, 0.5) is 4.39 Å². The van der Waals surface area contributed by atoms with Crippen molar-refractivity contribution in [1.29, 1.82) is 0 Å². The standard InChI is InChI=1S/C17H25FN2.C2H6/c1-13(2)14-3-4-15(17(18)11-14)12-19-7-9-20(10-8-19)16-5-6-16;1-2/h3-4,11,13,16H,5-10,12H2,1-2H3;1-2H3. The maximum atomic E-state index is 14.1. The van der Waals surface area contributed by atoms with E-state index in [0.717, 1.165) is 49.9 Å². The molecule has 1 aromatic rings. The van der Waals surface area contributed by atoms with Crippen molar-refractivity contribution < 1.29 is 4.39 Å². The molecule has 0 radical (unpaired) electrons. The van der Waals surface area contributed by atoms with Crippen molar-refractivity contribution in [1.82, 2.24) is 9.80 Å². The van der Waals surface area contributed by atoms with Crippen molar-refractivity contribution in [2.45, 2.75) is 59.0 Å². The van der Waals surface area contributed by atoms with Crippen molar-refractivity contribution in [2.24, 2.45) is 0 Å². The summed E-state index contributed by atoms with van der Waals surface area (Å²) in [4.78, 5) is 4.97. The van der Waals surface area contributed by atoms with Gasteiger partial charge in [0.05, 0.1) is 0 Å². The van der Waals surface area contributed by atoms with E-state index >= 15 is 0 Å². The highest BCUT2D eigenvalue weighted by Crippen LogP contribution is 2.28. The molecule has 0 unspecified atom stereocenters. The molecule has 0 aromatic heterocycles. The highest BCUT2D eigenvalue weighted by molar-refractivity contribution is 5.26. The predicted molar refractivity (Wildman–Crippen MR) is 91.7 cm³/mol. The van der Waals surface area contributed by atoms with Crippen molar-refractivity contribution in [3.63, 3.8) is 0 Å². The molecule has 3 heteroatoms. The fraction of sp³-hybridized carbons (Fsp3) is 0.684. The Labute approximate surface area is 135 Å². The number of benzene rings is 1. The second kappa shape index (κ2) is 8.07. The molecule has 22 heavy (non-hydrogen) atoms. The van der Waals surface area contributed by atoms with Gasteiger partial charge in [0.15, 0.2) is 0 Å². The first-order valence-corrected chi connectivity index (χ1v) is 8.88. The van der Waals surface area contributed by atoms with Crippen LogP contribution in [0.3, 0.4) is 0 Å². The molecule has 0 N–H and O–H groups in total. The van der Waals surface area contributed by atoms with E-state index in [2.05, 4.69) is 29.7 Å². The summed E-state index contributed by atoms with van der Waals surface area (Å²) >= 11 is 0. The second-order valence-electron chi connectivity index (χ2n) is 6.55. The molecule has 1 aliphatic heterocycles. The number of rotatable bonds is 4. The van der Waals surface area contributed by atoms with Crippen LogP contribution in [0.5, 0.6) is 0 Å². The summed E-state index contributed by atoms with van der Waals surface area (Å²) in [6.07, 6.45) is 2.76. The number of hydrogen-bond donors (Lipinski definition) is 0. The Kier molecular flexibility index (Phi) is 6.39. The molecule has 1 saturated carbocycles. The number of piperazine rings is 1. The zero-order valence-corrected chi connectivity index (χ0v) is 14.6. The third kappa shape index (κ3) is 4.53. The zero-order chi connectivity index (χ0) is 16.1. The van der Waals surface area contributed by atoms with Gasteiger partial charge in [0, 0.05) is 44.3 Å². The first-order chi connectivity index (χ1) is 10.6. The van der Waals surface area contributed by atoms with E-state index in [1.54, 1.807) is 6.07 Å². The van der Waals surface area contributed by atoms with Crippen molar-refractivity contribution >= 4 is 0 Å². The third-order valence-corrected chi connectivity index (χ3v) is 4.61. The van der Waals surface area contributed by atoms with Crippen molar-refractivity contribution in [3.05, 3.63) is 35.1 Å². The van der Waals surface area contributed by atoms with Crippen LogP contribution >= 0.6 is 0 Å². The Bertz CT molecular complexity index is 461. The van der Waals surface area contributed by atoms with Gasteiger partial charge in [0.25, 0.3) is 0 Å². The van der Waals surface area contributed by atoms with Gasteiger partial charge in [-0.05, 0) is 30.4 Å². The average molecular weight is 306 g/mol. The topological polar surface area (TPSA) is 6.48 Å². The van der Waals surface area contributed by atoms with Crippen LogP contribution in [0.1, 0.15) is 57.6 Å². The molecule has 0 bridgehead atoms. The molecular weight excluding hydrogens is 275 g/mol. The summed E-state index contributed by atoms with van der Waals surface area (Å²) in [7, 11) is 0. The third-order valence-electron chi connectivity index (χ3n) is 4.61. The van der Waals surface area contributed by atoms with Crippen molar-refractivity contribution in [3.8, 4) is 0 Å². The van der Waals surface area contributed by atoms with E-state index in [4.69, 9.17) is 0 Å². The summed E-state index contributed by atoms with van der Waals surface area (Å²) < 4.78 is 14.1. The summed E-state index contributed by atoms with van der Waals surface area (Å²) in [6.45, 7) is 13.4. The summed E-state index contributed by atoms with van der Waals surface area (Å²) in [5.41, 5.74) is 1.93. The lowest BCUT2D eigenvalue weighted by molar-refractivity contribution is 0.120. The molecule has 1 saturated heterocycles. The molecule has 0 atom stereocenters. The van der Waals surface area contributed by atoms with Gasteiger partial charge < -0.3 is 0 Å². The molecule has 0 amide bonds. The average Bonchev–Trinajstić information content (AvgIpc) is 3.37. The first-order valence-electron chi connectivity index (χ1n) is 8.88. The van der Waals surface area contributed by atoms with Crippen molar-refractivity contribution in [2.75, 3.05) is 26.2 Å². The molecule has 0 spiro atoms. The lowest BCUT2D eigenvalue weighted by Crippen LogP contribution is -2.46. The Morgan fingerprint density at radius 2 is 1.73 bits per heavy atom. The summed E-state index contributed by atoms with van der Waals surface area (Å²) in [5, 5.41) is 0. The van der Waals surface area contributed by atoms with E-state index in [-0.39, 0.29) is 5.82 Å². The van der Waals surface area contributed by atoms with Crippen LogP contribution in [-0.2, 0) is 6.54 Å². The normalized spacial score (nSPS) is 19.9. The number of nitrogens with zero attached hydrogens (tertiary/aromatic N) is 2. The maximum absolute atomic E-state index is 14.1. The van der Waals surface area contributed by atoms with Gasteiger partial charge in [0.1, 0.15) is 5.82 Å². The van der Waals surface area contributed by atoms with Gasteiger partial charge in [-0.3, -0.25) is 9.80 Å². The number of halogens is 1. The first kappa shape index (κ1) is 17.4. The molecule has 1 aromatic carbocycles. The van der Waals surface area contributed by atoms with Crippen LogP contribution in [0.15, 0.2) is 18.2 Å². The van der Waals surface area contributed by atoms with Gasteiger partial charge in [-0.2, -0.15) is 0 Å². The summed E-state index contributed by atoms with van der Waals surface area (Å²) in [5.74, 6) is 0.349. The Morgan fingerprint density at radius 3 is 2.23 bits per heavy atom. The minimum atomic E-state index is -0.0409. The van der Waals surface area contributed by atoms with Gasteiger partial charge in [0.2, 0.25) is 0 Å². The Hall–Kier alpha value is -0.930. The monoisotopic (exact) mass is 306 g/mol. The van der Waals surface area contributed by atoms with Crippen LogP contribution in [0.2, 0.25) is 0 Å². The van der Waals surface area contributed by atoms with E-state index in [9.17, 15) is 4.39 Å². The van der Waals surface area contributed by atoms with Gasteiger partial charge in [-0.1, -0.05) is 39.8 Å². The molecule has 2 fully saturated rings. The molecule has 2 nitrogen and oxygen atoms in total. The van der Waals surface area contributed by atoms with E-state index in [0.29, 0.717) is 5.92 Å². The molecule has 1 aliphatic carbocycles. The highest BCUT2D eigenvalue weighted by Gasteiger charge is 2.31. The largest absolute Gasteiger partial charge is 0.298 e. The molecule has 124 valence electrons. The minimum absolute atomic E-state index is 0.0409. The molecule has 1 heterocycles. The van der Waals surface area contributed by atoms with E-state index in [1.165, 1.54) is 12.8 Å². The lowest BCUT2D eigenvalue weighted by atomic mass is 10.0. The van der Waals surface area contributed by atoms with Gasteiger partial charge >= 0.3 is 0 Å². The second-order valence-corrected chi connectivity index (χ2v) is 6.55. The predicted octanol–water partition coefficient (Wildman–Crippen LogP) is 4.26. The van der Waals surface area contributed by atoms with E-state index in [1.807, 2.05) is 19.9 Å². The smallest absolute Gasteiger partial charge is 0.127 e. The molecule has 2 aliphatic rings. The minimum Gasteiger partial charge on any atom is -0.298 e. The lowest BCUT2D eigenvalue weighted by Gasteiger charge is -2.34. The number of hydrogen-bond acceptors (Lipinski definition) is 2. The van der Waals surface area contributed by atoms with Gasteiger partial charge in [-0.15, -0.1) is 0 Å². The van der Waals surface area contributed by atoms with Crippen LogP contribution in [0.25, 0.3) is 0 Å². The van der Waals surface area contributed by atoms with E-state index < -0.39 is 0 Å². The highest BCUT2D eigenvalue weighted by atomic mass is 19.1. The Morgan fingerprint density at radius 1 is 1.09 bits per heavy atom. The maximum Gasteiger partial charge on any atom is 0.127 e. The van der Waals surface area contributed by atoms with Crippen LogP contribution in [-0.4, -0.2) is 42.0 Å². The fourth-order valence-electron chi connectivity index (χ4n) is 3.02. The SMILES string of the molecule is CC.CC(C)c1ccc(CN2CCN(C3CC3)CC2)c(F)c1. The molecular formula is C19H31FN2. The summed E-state index contributed by atoms with van der Waals surface area (Å²) in [6, 6.07) is 6.61. The quantitative estimate of drug-likeness (QED) is 0.820. The van der Waals surface area contributed by atoms with Crippen LogP contribution < -0.4 is 0 Å². The van der Waals surface area contributed by atoms with Gasteiger partial charge in [-0.25, -0.2) is 4.39 Å². The zero-order valence-electron chi connectivity index (χ0n) is 14.6. The van der Waals surface area contributed by atoms with Crippen LogP contribution in [0, 0.1) is 5.82 Å². The molecule has 3 rings (SSSR count).